The maximum absolute atomic E-state index is 12.3. The number of anilines is 1. The molecule has 0 bridgehead atoms. The molecule has 32 heavy (non-hydrogen) atoms. The standard InChI is InChI=1S/C24H21N5O2S/c1-28-15-26-20-8-6-16(13-23(20)28)19-7-9-21-24(19)27-22(14-25-21)17-4-2-5-18(12-17)29-10-3-11-32(29,30)31/h2,4-8,12-15H,3,9-11H2,1H3. The van der Waals surface area contributed by atoms with E-state index in [0.717, 1.165) is 51.2 Å². The van der Waals surface area contributed by atoms with Crippen molar-refractivity contribution in [2.24, 2.45) is 7.05 Å². The van der Waals surface area contributed by atoms with Gasteiger partial charge in [0.15, 0.2) is 0 Å². The maximum atomic E-state index is 12.3. The Morgan fingerprint density at radius 2 is 1.94 bits per heavy atom. The van der Waals surface area contributed by atoms with Crippen LogP contribution in [0, 0.1) is 0 Å². The molecule has 1 saturated heterocycles. The molecule has 0 N–H and O–H groups in total. The zero-order valence-electron chi connectivity index (χ0n) is 17.6. The van der Waals surface area contributed by atoms with Gasteiger partial charge in [0.05, 0.1) is 52.1 Å². The number of nitrogens with zero attached hydrogens (tertiary/aromatic N) is 5. The number of sulfonamides is 1. The summed E-state index contributed by atoms with van der Waals surface area (Å²) in [4.78, 5) is 14.0. The molecule has 0 saturated carbocycles. The second kappa shape index (κ2) is 7.00. The van der Waals surface area contributed by atoms with Gasteiger partial charge in [-0.3, -0.25) is 9.29 Å². The van der Waals surface area contributed by atoms with Crippen molar-refractivity contribution >= 4 is 32.3 Å². The van der Waals surface area contributed by atoms with Crippen molar-refractivity contribution in [1.82, 2.24) is 19.5 Å². The minimum absolute atomic E-state index is 0.199. The highest BCUT2D eigenvalue weighted by Gasteiger charge is 2.28. The Balaban J connectivity index is 1.40. The molecular formula is C24H21N5O2S. The van der Waals surface area contributed by atoms with Gasteiger partial charge in [0.1, 0.15) is 0 Å². The molecule has 7 nitrogen and oxygen atoms in total. The lowest BCUT2D eigenvalue weighted by molar-refractivity contribution is 0.599. The molecule has 2 aliphatic rings. The minimum Gasteiger partial charge on any atom is -0.334 e. The third kappa shape index (κ3) is 3.02. The second-order valence-electron chi connectivity index (χ2n) is 8.22. The van der Waals surface area contributed by atoms with Gasteiger partial charge in [-0.05, 0) is 36.2 Å². The number of hydrogen-bond donors (Lipinski definition) is 0. The van der Waals surface area contributed by atoms with E-state index in [0.29, 0.717) is 18.7 Å². The number of aryl methyl sites for hydroxylation is 1. The molecule has 0 atom stereocenters. The average molecular weight is 444 g/mol. The summed E-state index contributed by atoms with van der Waals surface area (Å²) in [6.07, 6.45) is 7.15. The molecule has 8 heteroatoms. The Labute approximate surface area is 186 Å². The second-order valence-corrected chi connectivity index (χ2v) is 10.2. The van der Waals surface area contributed by atoms with Gasteiger partial charge in [0.25, 0.3) is 0 Å². The van der Waals surface area contributed by atoms with Crippen LogP contribution in [0.2, 0.25) is 0 Å². The van der Waals surface area contributed by atoms with Crippen LogP contribution in [-0.4, -0.2) is 40.2 Å². The molecule has 2 aromatic heterocycles. The van der Waals surface area contributed by atoms with Gasteiger partial charge in [0.2, 0.25) is 10.0 Å². The van der Waals surface area contributed by atoms with E-state index < -0.39 is 10.0 Å². The van der Waals surface area contributed by atoms with Crippen molar-refractivity contribution in [3.63, 3.8) is 0 Å². The SMILES string of the molecule is Cn1cnc2ccc(C3=CCc4ncc(-c5cccc(N6CCCS6(=O)=O)c5)nc43)cc21. The van der Waals surface area contributed by atoms with E-state index in [2.05, 4.69) is 28.2 Å². The smallest absolute Gasteiger partial charge is 0.235 e. The molecule has 4 aromatic rings. The van der Waals surface area contributed by atoms with Crippen LogP contribution < -0.4 is 4.31 Å². The van der Waals surface area contributed by atoms with Gasteiger partial charge < -0.3 is 4.57 Å². The van der Waals surface area contributed by atoms with Crippen LogP contribution in [0.15, 0.2) is 61.1 Å². The molecule has 160 valence electrons. The molecule has 2 aromatic carbocycles. The van der Waals surface area contributed by atoms with Crippen molar-refractivity contribution in [3.05, 3.63) is 78.0 Å². The Bertz CT molecular complexity index is 1520. The molecular weight excluding hydrogens is 422 g/mol. The first kappa shape index (κ1) is 19.2. The summed E-state index contributed by atoms with van der Waals surface area (Å²) in [5, 5.41) is 0. The monoisotopic (exact) mass is 443 g/mol. The van der Waals surface area contributed by atoms with Gasteiger partial charge in [-0.1, -0.05) is 24.3 Å². The Morgan fingerprint density at radius 3 is 2.78 bits per heavy atom. The van der Waals surface area contributed by atoms with E-state index in [9.17, 15) is 8.42 Å². The fraction of sp³-hybridized carbons (Fsp3) is 0.208. The number of hydrogen-bond acceptors (Lipinski definition) is 5. The molecule has 1 fully saturated rings. The average Bonchev–Trinajstić information content (AvgIpc) is 3.49. The molecule has 0 unspecified atom stereocenters. The lowest BCUT2D eigenvalue weighted by Gasteiger charge is -2.17. The third-order valence-corrected chi connectivity index (χ3v) is 8.04. The van der Waals surface area contributed by atoms with Crippen LogP contribution in [0.4, 0.5) is 5.69 Å². The van der Waals surface area contributed by atoms with E-state index in [-0.39, 0.29) is 5.75 Å². The predicted octanol–water partition coefficient (Wildman–Crippen LogP) is 3.56. The normalized spacial score (nSPS) is 17.0. The van der Waals surface area contributed by atoms with Gasteiger partial charge in [-0.2, -0.15) is 0 Å². The number of rotatable bonds is 3. The number of benzene rings is 2. The number of imidazole rings is 1. The summed E-state index contributed by atoms with van der Waals surface area (Å²) in [7, 11) is -1.24. The van der Waals surface area contributed by atoms with E-state index in [1.165, 1.54) is 4.31 Å². The first-order valence-electron chi connectivity index (χ1n) is 10.6. The molecule has 0 radical (unpaired) electrons. The quantitative estimate of drug-likeness (QED) is 0.484. The minimum atomic E-state index is -3.23. The largest absolute Gasteiger partial charge is 0.334 e. The van der Waals surface area contributed by atoms with Crippen LogP contribution in [-0.2, 0) is 23.5 Å². The first-order chi connectivity index (χ1) is 15.5. The van der Waals surface area contributed by atoms with Crippen LogP contribution in [0.3, 0.4) is 0 Å². The first-order valence-corrected chi connectivity index (χ1v) is 12.2. The van der Waals surface area contributed by atoms with Crippen molar-refractivity contribution in [1.29, 1.82) is 0 Å². The third-order valence-electron chi connectivity index (χ3n) is 6.17. The fourth-order valence-corrected chi connectivity index (χ4v) is 6.07. The van der Waals surface area contributed by atoms with Gasteiger partial charge in [0, 0.05) is 31.1 Å². The highest BCUT2D eigenvalue weighted by molar-refractivity contribution is 7.93. The van der Waals surface area contributed by atoms with E-state index in [1.807, 2.05) is 48.3 Å². The molecule has 3 heterocycles. The summed E-state index contributed by atoms with van der Waals surface area (Å²) < 4.78 is 28.2. The number of aromatic nitrogens is 4. The van der Waals surface area contributed by atoms with Gasteiger partial charge in [-0.15, -0.1) is 0 Å². The summed E-state index contributed by atoms with van der Waals surface area (Å²) in [5.74, 6) is 0.199. The van der Waals surface area contributed by atoms with Crippen molar-refractivity contribution in [2.45, 2.75) is 12.8 Å². The lowest BCUT2D eigenvalue weighted by atomic mass is 10.0. The van der Waals surface area contributed by atoms with E-state index in [1.54, 1.807) is 6.20 Å². The van der Waals surface area contributed by atoms with Crippen molar-refractivity contribution < 1.29 is 8.42 Å². The van der Waals surface area contributed by atoms with Crippen LogP contribution in [0.1, 0.15) is 23.4 Å². The topological polar surface area (TPSA) is 81.0 Å². The van der Waals surface area contributed by atoms with E-state index >= 15 is 0 Å². The highest BCUT2D eigenvalue weighted by Crippen LogP contribution is 2.34. The van der Waals surface area contributed by atoms with Crippen molar-refractivity contribution in [3.8, 4) is 11.3 Å². The summed E-state index contributed by atoms with van der Waals surface area (Å²) >= 11 is 0. The molecule has 1 aliphatic carbocycles. The molecule has 1 aliphatic heterocycles. The zero-order chi connectivity index (χ0) is 21.9. The molecule has 0 spiro atoms. The van der Waals surface area contributed by atoms with Crippen LogP contribution >= 0.6 is 0 Å². The van der Waals surface area contributed by atoms with Gasteiger partial charge >= 0.3 is 0 Å². The number of allylic oxidation sites excluding steroid dienone is 1. The lowest BCUT2D eigenvalue weighted by Crippen LogP contribution is -2.24. The summed E-state index contributed by atoms with van der Waals surface area (Å²) in [6.45, 7) is 0.519. The van der Waals surface area contributed by atoms with E-state index in [4.69, 9.17) is 4.98 Å². The fourth-order valence-electron chi connectivity index (χ4n) is 4.51. The maximum Gasteiger partial charge on any atom is 0.235 e. The van der Waals surface area contributed by atoms with Crippen LogP contribution in [0.25, 0.3) is 27.9 Å². The number of fused-ring (bicyclic) bond motifs is 2. The Morgan fingerprint density at radius 1 is 1.03 bits per heavy atom. The Kier molecular flexibility index (Phi) is 4.19. The van der Waals surface area contributed by atoms with Crippen LogP contribution in [0.5, 0.6) is 0 Å². The van der Waals surface area contributed by atoms with Crippen molar-refractivity contribution in [2.75, 3.05) is 16.6 Å². The Hall–Kier alpha value is -3.52. The predicted molar refractivity (Wildman–Crippen MR) is 125 cm³/mol. The molecule has 6 rings (SSSR count). The van der Waals surface area contributed by atoms with Gasteiger partial charge in [-0.25, -0.2) is 18.4 Å². The molecule has 0 amide bonds. The highest BCUT2D eigenvalue weighted by atomic mass is 32.2. The summed E-state index contributed by atoms with van der Waals surface area (Å²) in [6, 6.07) is 13.8. The zero-order valence-corrected chi connectivity index (χ0v) is 18.4. The summed E-state index contributed by atoms with van der Waals surface area (Å²) in [5.41, 5.74) is 8.28.